The van der Waals surface area contributed by atoms with E-state index >= 15 is 0 Å². The minimum Gasteiger partial charge on any atom is -0.467 e. The summed E-state index contributed by atoms with van der Waals surface area (Å²) < 4.78 is 10.4. The van der Waals surface area contributed by atoms with Gasteiger partial charge in [-0.1, -0.05) is 41.9 Å². The van der Waals surface area contributed by atoms with E-state index in [2.05, 4.69) is 26.0 Å². The fourth-order valence-electron chi connectivity index (χ4n) is 2.02. The monoisotopic (exact) mass is 411 g/mol. The van der Waals surface area contributed by atoms with Crippen LogP contribution < -0.4 is 5.32 Å². The number of carbonyl (C=O) groups is 3. The van der Waals surface area contributed by atoms with Crippen molar-refractivity contribution < 1.29 is 23.9 Å². The van der Waals surface area contributed by atoms with Gasteiger partial charge in [0.1, 0.15) is 6.04 Å². The first kappa shape index (κ1) is 20.9. The SMILES string of the molecule is COC(=O)[C@H](CC(C)C)NC(=O)COC(=O)/C=C/c1cccc(Br)c1. The summed E-state index contributed by atoms with van der Waals surface area (Å²) in [6, 6.07) is 6.62. The van der Waals surface area contributed by atoms with E-state index < -0.39 is 30.5 Å². The van der Waals surface area contributed by atoms with Crippen LogP contribution in [0.2, 0.25) is 0 Å². The number of benzene rings is 1. The highest BCUT2D eigenvalue weighted by molar-refractivity contribution is 9.10. The first-order valence-corrected chi connectivity index (χ1v) is 8.58. The van der Waals surface area contributed by atoms with E-state index in [4.69, 9.17) is 4.74 Å². The van der Waals surface area contributed by atoms with Gasteiger partial charge in [-0.2, -0.15) is 0 Å². The molecular formula is C18H22BrNO5. The Hall–Kier alpha value is -2.15. The Morgan fingerprint density at radius 1 is 1.28 bits per heavy atom. The van der Waals surface area contributed by atoms with Crippen molar-refractivity contribution in [2.24, 2.45) is 5.92 Å². The summed E-state index contributed by atoms with van der Waals surface area (Å²) in [6.45, 7) is 3.39. The molecule has 1 atom stereocenters. The number of hydrogen-bond donors (Lipinski definition) is 1. The van der Waals surface area contributed by atoms with Gasteiger partial charge in [-0.05, 0) is 36.1 Å². The van der Waals surface area contributed by atoms with Crippen LogP contribution in [-0.2, 0) is 23.9 Å². The Morgan fingerprint density at radius 3 is 2.60 bits per heavy atom. The normalized spacial score (nSPS) is 12.0. The molecule has 7 heteroatoms. The summed E-state index contributed by atoms with van der Waals surface area (Å²) in [4.78, 5) is 35.2. The van der Waals surface area contributed by atoms with Gasteiger partial charge in [-0.25, -0.2) is 9.59 Å². The predicted molar refractivity (Wildman–Crippen MR) is 97.5 cm³/mol. The van der Waals surface area contributed by atoms with E-state index in [1.54, 1.807) is 6.08 Å². The summed E-state index contributed by atoms with van der Waals surface area (Å²) in [5.41, 5.74) is 0.818. The number of nitrogens with one attached hydrogen (secondary N) is 1. The molecule has 1 aromatic rings. The number of carbonyl (C=O) groups excluding carboxylic acids is 3. The number of esters is 2. The molecule has 1 rings (SSSR count). The summed E-state index contributed by atoms with van der Waals surface area (Å²) in [5, 5.41) is 2.51. The van der Waals surface area contributed by atoms with Crippen LogP contribution in [0.1, 0.15) is 25.8 Å². The van der Waals surface area contributed by atoms with Gasteiger partial charge in [-0.3, -0.25) is 4.79 Å². The lowest BCUT2D eigenvalue weighted by atomic mass is 10.0. The second-order valence-corrected chi connectivity index (χ2v) is 6.68. The number of ether oxygens (including phenoxy) is 2. The first-order valence-electron chi connectivity index (χ1n) is 7.79. The van der Waals surface area contributed by atoms with E-state index in [1.165, 1.54) is 13.2 Å². The number of halogens is 1. The minimum atomic E-state index is -0.756. The second-order valence-electron chi connectivity index (χ2n) is 5.77. The topological polar surface area (TPSA) is 81.7 Å². The molecule has 1 N–H and O–H groups in total. The molecule has 0 heterocycles. The van der Waals surface area contributed by atoms with E-state index in [1.807, 2.05) is 38.1 Å². The van der Waals surface area contributed by atoms with Crippen molar-refractivity contribution >= 4 is 39.9 Å². The van der Waals surface area contributed by atoms with Gasteiger partial charge in [0.25, 0.3) is 5.91 Å². The highest BCUT2D eigenvalue weighted by atomic mass is 79.9. The number of methoxy groups -OCH3 is 1. The van der Waals surface area contributed by atoms with Crippen molar-refractivity contribution in [2.45, 2.75) is 26.3 Å². The Balaban J connectivity index is 2.48. The molecule has 0 radical (unpaired) electrons. The summed E-state index contributed by atoms with van der Waals surface area (Å²) in [5.74, 6) is -1.53. The fraction of sp³-hybridized carbons (Fsp3) is 0.389. The summed E-state index contributed by atoms with van der Waals surface area (Å²) in [7, 11) is 1.26. The maximum absolute atomic E-state index is 11.9. The second kappa shape index (κ2) is 10.7. The molecule has 0 aliphatic heterocycles. The van der Waals surface area contributed by atoms with Gasteiger partial charge in [0.05, 0.1) is 7.11 Å². The van der Waals surface area contributed by atoms with Gasteiger partial charge in [0.2, 0.25) is 0 Å². The van der Waals surface area contributed by atoms with Gasteiger partial charge < -0.3 is 14.8 Å². The first-order chi connectivity index (χ1) is 11.8. The van der Waals surface area contributed by atoms with E-state index in [0.717, 1.165) is 10.0 Å². The number of hydrogen-bond acceptors (Lipinski definition) is 5. The molecule has 6 nitrogen and oxygen atoms in total. The lowest BCUT2D eigenvalue weighted by molar-refractivity contribution is -0.148. The van der Waals surface area contributed by atoms with Crippen LogP contribution in [0.25, 0.3) is 6.08 Å². The van der Waals surface area contributed by atoms with Crippen molar-refractivity contribution in [2.75, 3.05) is 13.7 Å². The molecule has 0 aliphatic rings. The standard InChI is InChI=1S/C18H22BrNO5/c1-12(2)9-15(18(23)24-3)20-16(21)11-25-17(22)8-7-13-5-4-6-14(19)10-13/h4-8,10,12,15H,9,11H2,1-3H3,(H,20,21)/b8-7+/t15-/m0/s1. The maximum Gasteiger partial charge on any atom is 0.331 e. The van der Waals surface area contributed by atoms with Crippen LogP contribution in [0.5, 0.6) is 0 Å². The molecule has 136 valence electrons. The highest BCUT2D eigenvalue weighted by Crippen LogP contribution is 2.12. The molecular weight excluding hydrogens is 390 g/mol. The summed E-state index contributed by atoms with van der Waals surface area (Å²) >= 11 is 3.34. The molecule has 0 fully saturated rings. The van der Waals surface area contributed by atoms with Crippen LogP contribution in [0.4, 0.5) is 0 Å². The zero-order valence-electron chi connectivity index (χ0n) is 14.5. The summed E-state index contributed by atoms with van der Waals surface area (Å²) in [6.07, 6.45) is 3.26. The Kier molecular flexibility index (Phi) is 8.91. The van der Waals surface area contributed by atoms with E-state index in [9.17, 15) is 14.4 Å². The van der Waals surface area contributed by atoms with Crippen molar-refractivity contribution in [3.05, 3.63) is 40.4 Å². The van der Waals surface area contributed by atoms with Crippen molar-refractivity contribution in [1.82, 2.24) is 5.32 Å². The molecule has 0 unspecified atom stereocenters. The average Bonchev–Trinajstić information content (AvgIpc) is 2.56. The van der Waals surface area contributed by atoms with Crippen LogP contribution in [0, 0.1) is 5.92 Å². The van der Waals surface area contributed by atoms with Crippen LogP contribution in [0.15, 0.2) is 34.8 Å². The van der Waals surface area contributed by atoms with Gasteiger partial charge in [-0.15, -0.1) is 0 Å². The van der Waals surface area contributed by atoms with Crippen LogP contribution >= 0.6 is 15.9 Å². The van der Waals surface area contributed by atoms with E-state index in [0.29, 0.717) is 6.42 Å². The third-order valence-corrected chi connectivity index (χ3v) is 3.63. The predicted octanol–water partition coefficient (Wildman–Crippen LogP) is 2.71. The molecule has 0 spiro atoms. The lowest BCUT2D eigenvalue weighted by Crippen LogP contribution is -2.44. The van der Waals surface area contributed by atoms with E-state index in [-0.39, 0.29) is 5.92 Å². The quantitative estimate of drug-likeness (QED) is 0.525. The lowest BCUT2D eigenvalue weighted by Gasteiger charge is -2.18. The Bertz CT molecular complexity index is 642. The third kappa shape index (κ3) is 8.49. The third-order valence-electron chi connectivity index (χ3n) is 3.13. The molecule has 25 heavy (non-hydrogen) atoms. The zero-order chi connectivity index (χ0) is 18.8. The number of rotatable bonds is 8. The van der Waals surface area contributed by atoms with Gasteiger partial charge in [0.15, 0.2) is 6.61 Å². The molecule has 0 aromatic heterocycles. The average molecular weight is 412 g/mol. The zero-order valence-corrected chi connectivity index (χ0v) is 16.0. The highest BCUT2D eigenvalue weighted by Gasteiger charge is 2.22. The minimum absolute atomic E-state index is 0.195. The fourth-order valence-corrected chi connectivity index (χ4v) is 2.44. The number of amides is 1. The maximum atomic E-state index is 11.9. The van der Waals surface area contributed by atoms with Gasteiger partial charge in [0, 0.05) is 10.5 Å². The van der Waals surface area contributed by atoms with Crippen LogP contribution in [0.3, 0.4) is 0 Å². The molecule has 0 saturated heterocycles. The smallest absolute Gasteiger partial charge is 0.331 e. The molecule has 1 aromatic carbocycles. The van der Waals surface area contributed by atoms with Gasteiger partial charge >= 0.3 is 11.9 Å². The molecule has 0 saturated carbocycles. The largest absolute Gasteiger partial charge is 0.467 e. The Labute approximate surface area is 155 Å². The van der Waals surface area contributed by atoms with Crippen LogP contribution in [-0.4, -0.2) is 37.6 Å². The van der Waals surface area contributed by atoms with Crippen molar-refractivity contribution in [1.29, 1.82) is 0 Å². The van der Waals surface area contributed by atoms with Crippen molar-refractivity contribution in [3.63, 3.8) is 0 Å². The molecule has 0 bridgehead atoms. The molecule has 0 aliphatic carbocycles. The van der Waals surface area contributed by atoms with Crippen molar-refractivity contribution in [3.8, 4) is 0 Å². The Morgan fingerprint density at radius 2 is 2.00 bits per heavy atom. The molecule has 1 amide bonds.